The van der Waals surface area contributed by atoms with Crippen LogP contribution in [0, 0.1) is 5.82 Å². The van der Waals surface area contributed by atoms with Crippen LogP contribution in [0.4, 0.5) is 4.39 Å². The summed E-state index contributed by atoms with van der Waals surface area (Å²) in [7, 11) is 3.94. The number of thiophene rings is 1. The number of amides is 1. The van der Waals surface area contributed by atoms with Gasteiger partial charge in [0.2, 0.25) is 0 Å². The lowest BCUT2D eigenvalue weighted by atomic mass is 10.1. The molecule has 27 heavy (non-hydrogen) atoms. The minimum absolute atomic E-state index is 0.0451. The SMILES string of the molecule is CN(C)[C@H](CNC(=O)c1ccc(COc2ccccc2F)o1)c1ccsc1. The topological polar surface area (TPSA) is 54.7 Å². The molecule has 0 spiro atoms. The summed E-state index contributed by atoms with van der Waals surface area (Å²) in [5, 5.41) is 6.98. The molecule has 0 bridgehead atoms. The van der Waals surface area contributed by atoms with Gasteiger partial charge in [-0.25, -0.2) is 4.39 Å². The smallest absolute Gasteiger partial charge is 0.287 e. The quantitative estimate of drug-likeness (QED) is 0.631. The lowest BCUT2D eigenvalue weighted by Crippen LogP contribution is -2.34. The van der Waals surface area contributed by atoms with Gasteiger partial charge in [0, 0.05) is 6.54 Å². The van der Waals surface area contributed by atoms with Gasteiger partial charge in [-0.15, -0.1) is 0 Å². The number of nitrogens with zero attached hydrogens (tertiary/aromatic N) is 1. The average molecular weight is 388 g/mol. The van der Waals surface area contributed by atoms with Gasteiger partial charge in [0.25, 0.3) is 5.91 Å². The molecule has 3 aromatic rings. The Morgan fingerprint density at radius 2 is 2.07 bits per heavy atom. The van der Waals surface area contributed by atoms with E-state index in [0.29, 0.717) is 12.3 Å². The van der Waals surface area contributed by atoms with Crippen LogP contribution in [0.1, 0.15) is 27.9 Å². The number of furan rings is 1. The van der Waals surface area contributed by atoms with Crippen molar-refractivity contribution in [3.8, 4) is 5.75 Å². The Morgan fingerprint density at radius 1 is 1.26 bits per heavy atom. The summed E-state index contributed by atoms with van der Waals surface area (Å²) in [4.78, 5) is 14.4. The van der Waals surface area contributed by atoms with Gasteiger partial charge in [0.15, 0.2) is 17.3 Å². The van der Waals surface area contributed by atoms with Gasteiger partial charge in [-0.05, 0) is 60.8 Å². The van der Waals surface area contributed by atoms with Gasteiger partial charge in [0.05, 0.1) is 6.04 Å². The maximum absolute atomic E-state index is 13.6. The molecular formula is C20H21FN2O3S. The molecule has 0 saturated carbocycles. The number of nitrogens with one attached hydrogen (secondary N) is 1. The van der Waals surface area contributed by atoms with Gasteiger partial charge in [0.1, 0.15) is 12.4 Å². The monoisotopic (exact) mass is 388 g/mol. The number of hydrogen-bond donors (Lipinski definition) is 1. The second-order valence-corrected chi connectivity index (χ2v) is 7.01. The zero-order chi connectivity index (χ0) is 19.2. The van der Waals surface area contributed by atoms with Crippen LogP contribution >= 0.6 is 11.3 Å². The van der Waals surface area contributed by atoms with Crippen molar-refractivity contribution in [2.75, 3.05) is 20.6 Å². The second-order valence-electron chi connectivity index (χ2n) is 6.23. The van der Waals surface area contributed by atoms with Crippen LogP contribution in [0.15, 0.2) is 57.6 Å². The van der Waals surface area contributed by atoms with Crippen LogP contribution in [0.25, 0.3) is 0 Å². The molecule has 1 aromatic carbocycles. The molecule has 2 aromatic heterocycles. The van der Waals surface area contributed by atoms with Crippen molar-refractivity contribution in [3.63, 3.8) is 0 Å². The summed E-state index contributed by atoms with van der Waals surface area (Å²) < 4.78 is 24.5. The van der Waals surface area contributed by atoms with Crippen molar-refractivity contribution in [1.29, 1.82) is 0 Å². The molecule has 0 aliphatic rings. The van der Waals surface area contributed by atoms with Crippen molar-refractivity contribution in [2.24, 2.45) is 0 Å². The molecule has 0 radical (unpaired) electrons. The van der Waals surface area contributed by atoms with E-state index in [4.69, 9.17) is 9.15 Å². The predicted octanol–water partition coefficient (Wildman–Crippen LogP) is 4.09. The van der Waals surface area contributed by atoms with Crippen molar-refractivity contribution >= 4 is 17.2 Å². The van der Waals surface area contributed by atoms with E-state index in [1.165, 1.54) is 12.1 Å². The fourth-order valence-corrected chi connectivity index (χ4v) is 3.33. The molecule has 7 heteroatoms. The summed E-state index contributed by atoms with van der Waals surface area (Å²) in [6.07, 6.45) is 0. The molecular weight excluding hydrogens is 367 g/mol. The first-order valence-corrected chi connectivity index (χ1v) is 9.41. The lowest BCUT2D eigenvalue weighted by Gasteiger charge is -2.23. The van der Waals surface area contributed by atoms with Crippen LogP contribution in [-0.2, 0) is 6.61 Å². The van der Waals surface area contributed by atoms with Crippen molar-refractivity contribution in [2.45, 2.75) is 12.6 Å². The van der Waals surface area contributed by atoms with E-state index in [0.717, 1.165) is 5.56 Å². The Hall–Kier alpha value is -2.64. The molecule has 1 amide bonds. The van der Waals surface area contributed by atoms with Gasteiger partial charge in [-0.1, -0.05) is 12.1 Å². The third-order valence-electron chi connectivity index (χ3n) is 4.10. The standard InChI is InChI=1S/C20H21FN2O3S/c1-23(2)17(14-9-10-27-13-14)11-22-20(24)19-8-7-15(26-19)12-25-18-6-4-3-5-16(18)21/h3-10,13,17H,11-12H2,1-2H3,(H,22,24)/t17-/m1/s1. The van der Waals surface area contributed by atoms with E-state index in [1.807, 2.05) is 25.5 Å². The molecule has 142 valence electrons. The number of ether oxygens (including phenoxy) is 1. The predicted molar refractivity (Wildman–Crippen MR) is 103 cm³/mol. The van der Waals surface area contributed by atoms with E-state index in [1.54, 1.807) is 35.6 Å². The maximum atomic E-state index is 13.6. The largest absolute Gasteiger partial charge is 0.483 e. The number of halogens is 1. The Labute approximate surface area is 161 Å². The molecule has 1 N–H and O–H groups in total. The van der Waals surface area contributed by atoms with E-state index in [9.17, 15) is 9.18 Å². The van der Waals surface area contributed by atoms with E-state index in [-0.39, 0.29) is 30.1 Å². The fraction of sp³-hybridized carbons (Fsp3) is 0.250. The normalized spacial score (nSPS) is 12.1. The average Bonchev–Trinajstić information content (AvgIpc) is 3.33. The van der Waals surface area contributed by atoms with Crippen LogP contribution in [0.2, 0.25) is 0 Å². The lowest BCUT2D eigenvalue weighted by molar-refractivity contribution is 0.0910. The number of benzene rings is 1. The third-order valence-corrected chi connectivity index (χ3v) is 4.80. The summed E-state index contributed by atoms with van der Waals surface area (Å²) in [5.74, 6) is 0.0549. The molecule has 5 nitrogen and oxygen atoms in total. The molecule has 2 heterocycles. The van der Waals surface area contributed by atoms with Gasteiger partial charge in [-0.2, -0.15) is 11.3 Å². The van der Waals surface area contributed by atoms with Gasteiger partial charge >= 0.3 is 0 Å². The highest BCUT2D eigenvalue weighted by Crippen LogP contribution is 2.21. The molecule has 0 fully saturated rings. The zero-order valence-corrected chi connectivity index (χ0v) is 16.0. The molecule has 0 saturated heterocycles. The minimum Gasteiger partial charge on any atom is -0.483 e. The molecule has 3 rings (SSSR count). The third kappa shape index (κ3) is 4.96. The van der Waals surface area contributed by atoms with Gasteiger partial charge in [-0.3, -0.25) is 4.79 Å². The van der Waals surface area contributed by atoms with Crippen molar-refractivity contribution in [3.05, 3.63) is 76.1 Å². The summed E-state index contributed by atoms with van der Waals surface area (Å²) in [6.45, 7) is 0.508. The molecule has 1 atom stereocenters. The Kier molecular flexibility index (Phi) is 6.26. The Morgan fingerprint density at radius 3 is 2.78 bits per heavy atom. The zero-order valence-electron chi connectivity index (χ0n) is 15.1. The minimum atomic E-state index is -0.440. The van der Waals surface area contributed by atoms with E-state index < -0.39 is 5.82 Å². The maximum Gasteiger partial charge on any atom is 0.287 e. The Bertz CT molecular complexity index is 877. The van der Waals surface area contributed by atoms with Crippen molar-refractivity contribution < 1.29 is 18.3 Å². The number of carbonyl (C=O) groups is 1. The molecule has 0 aliphatic heterocycles. The van der Waals surface area contributed by atoms with Crippen LogP contribution in [-0.4, -0.2) is 31.4 Å². The summed E-state index contributed by atoms with van der Waals surface area (Å²) in [6, 6.07) is 11.5. The second kappa shape index (κ2) is 8.83. The van der Waals surface area contributed by atoms with E-state index >= 15 is 0 Å². The van der Waals surface area contributed by atoms with Crippen LogP contribution in [0.5, 0.6) is 5.75 Å². The first-order valence-electron chi connectivity index (χ1n) is 8.47. The van der Waals surface area contributed by atoms with Gasteiger partial charge < -0.3 is 19.4 Å². The number of carbonyl (C=O) groups excluding carboxylic acids is 1. The highest BCUT2D eigenvalue weighted by molar-refractivity contribution is 7.07. The molecule has 0 unspecified atom stereocenters. The first kappa shape index (κ1) is 19.1. The number of para-hydroxylation sites is 1. The fourth-order valence-electron chi connectivity index (χ4n) is 2.63. The van der Waals surface area contributed by atoms with E-state index in [2.05, 4.69) is 15.6 Å². The first-order chi connectivity index (χ1) is 13.0. The summed E-state index contributed by atoms with van der Waals surface area (Å²) in [5.41, 5.74) is 1.16. The van der Waals surface area contributed by atoms with Crippen LogP contribution in [0.3, 0.4) is 0 Å². The number of rotatable bonds is 8. The van der Waals surface area contributed by atoms with Crippen molar-refractivity contribution in [1.82, 2.24) is 10.2 Å². The summed E-state index contributed by atoms with van der Waals surface area (Å²) >= 11 is 1.63. The number of hydrogen-bond acceptors (Lipinski definition) is 5. The van der Waals surface area contributed by atoms with Crippen LogP contribution < -0.4 is 10.1 Å². The highest BCUT2D eigenvalue weighted by Gasteiger charge is 2.18. The Balaban J connectivity index is 1.56. The number of likely N-dealkylation sites (N-methyl/N-ethyl adjacent to an activating group) is 1. The highest BCUT2D eigenvalue weighted by atomic mass is 32.1. The molecule has 0 aliphatic carbocycles.